The Morgan fingerprint density at radius 2 is 1.67 bits per heavy atom. The fourth-order valence-corrected chi connectivity index (χ4v) is 4.78. The monoisotopic (exact) mass is 647 g/mol. The topological polar surface area (TPSA) is 109 Å². The van der Waals surface area contributed by atoms with E-state index >= 15 is 0 Å². The Balaban J connectivity index is 1.64. The second-order valence-corrected chi connectivity index (χ2v) is 10.5. The molecule has 0 aliphatic heterocycles. The van der Waals surface area contributed by atoms with Crippen LogP contribution in [0.5, 0.6) is 5.75 Å². The van der Waals surface area contributed by atoms with E-state index in [-0.39, 0.29) is 29.4 Å². The number of ether oxygens (including phenoxy) is 1. The third-order valence-electron chi connectivity index (χ3n) is 7.03. The minimum Gasteiger partial charge on any atom is -0.465 e. The van der Waals surface area contributed by atoms with Crippen LogP contribution in [0.4, 0.5) is 36.8 Å². The SMILES string of the molecule is O=C(O)NCc1cccc(-n2nc(C(F)(F)F)cc2C(=O)N(c2ccccc2)C(NCC2CC2)c2cccc(OC(F)(F)F)c2)c1. The summed E-state index contributed by atoms with van der Waals surface area (Å²) in [6.45, 7) is 0.205. The first-order chi connectivity index (χ1) is 21.8. The molecule has 4 aromatic rings. The fourth-order valence-electron chi connectivity index (χ4n) is 4.78. The summed E-state index contributed by atoms with van der Waals surface area (Å²) in [5.41, 5.74) is -1.01. The highest BCUT2D eigenvalue weighted by Crippen LogP contribution is 2.35. The number of amides is 2. The maximum atomic E-state index is 14.5. The number of carboxylic acid groups (broad SMARTS) is 1. The van der Waals surface area contributed by atoms with Gasteiger partial charge in [-0.2, -0.15) is 18.3 Å². The summed E-state index contributed by atoms with van der Waals surface area (Å²) in [5, 5.41) is 18.1. The Bertz CT molecular complexity index is 1690. The summed E-state index contributed by atoms with van der Waals surface area (Å²) in [6, 6.07) is 19.4. The van der Waals surface area contributed by atoms with Gasteiger partial charge in [-0.15, -0.1) is 13.2 Å². The Morgan fingerprint density at radius 1 is 0.957 bits per heavy atom. The minimum absolute atomic E-state index is 0.0413. The van der Waals surface area contributed by atoms with Crippen molar-refractivity contribution in [3.05, 3.63) is 107 Å². The van der Waals surface area contributed by atoms with Crippen molar-refractivity contribution in [1.29, 1.82) is 0 Å². The number of aromatic nitrogens is 2. The van der Waals surface area contributed by atoms with Crippen LogP contribution in [0, 0.1) is 5.92 Å². The van der Waals surface area contributed by atoms with Gasteiger partial charge in [0, 0.05) is 24.8 Å². The lowest BCUT2D eigenvalue weighted by atomic mass is 10.1. The molecule has 3 aromatic carbocycles. The first kappa shape index (κ1) is 32.3. The molecule has 15 heteroatoms. The van der Waals surface area contributed by atoms with Crippen molar-refractivity contribution in [3.63, 3.8) is 0 Å². The van der Waals surface area contributed by atoms with E-state index in [1.807, 2.05) is 0 Å². The molecule has 1 fully saturated rings. The van der Waals surface area contributed by atoms with Crippen LogP contribution in [0.3, 0.4) is 0 Å². The number of halogens is 6. The lowest BCUT2D eigenvalue weighted by molar-refractivity contribution is -0.274. The first-order valence-electron chi connectivity index (χ1n) is 14.0. The molecule has 0 radical (unpaired) electrons. The van der Waals surface area contributed by atoms with Gasteiger partial charge in [0.15, 0.2) is 5.69 Å². The van der Waals surface area contributed by atoms with E-state index in [1.54, 1.807) is 36.4 Å². The van der Waals surface area contributed by atoms with E-state index in [0.29, 0.717) is 18.2 Å². The van der Waals surface area contributed by atoms with Gasteiger partial charge >= 0.3 is 18.6 Å². The predicted octanol–water partition coefficient (Wildman–Crippen LogP) is 6.90. The molecule has 5 rings (SSSR count). The summed E-state index contributed by atoms with van der Waals surface area (Å²) >= 11 is 0. The number of benzene rings is 3. The molecule has 242 valence electrons. The molecule has 3 N–H and O–H groups in total. The molecular formula is C31H27F6N5O4. The van der Waals surface area contributed by atoms with E-state index in [4.69, 9.17) is 5.11 Å². The molecule has 1 atom stereocenters. The molecule has 1 aromatic heterocycles. The van der Waals surface area contributed by atoms with E-state index < -0.39 is 47.8 Å². The van der Waals surface area contributed by atoms with Gasteiger partial charge in [0.2, 0.25) is 0 Å². The molecule has 2 amide bonds. The number of anilines is 1. The van der Waals surface area contributed by atoms with Gasteiger partial charge in [-0.05, 0) is 66.3 Å². The number of alkyl halides is 6. The summed E-state index contributed by atoms with van der Waals surface area (Å²) in [5.74, 6) is -1.24. The number of hydrogen-bond donors (Lipinski definition) is 3. The van der Waals surface area contributed by atoms with Crippen LogP contribution in [0.2, 0.25) is 0 Å². The molecule has 1 aliphatic carbocycles. The summed E-state index contributed by atoms with van der Waals surface area (Å²) in [7, 11) is 0. The van der Waals surface area contributed by atoms with E-state index in [2.05, 4.69) is 20.5 Å². The zero-order valence-electron chi connectivity index (χ0n) is 23.8. The predicted molar refractivity (Wildman–Crippen MR) is 153 cm³/mol. The van der Waals surface area contributed by atoms with Gasteiger partial charge in [0.25, 0.3) is 5.91 Å². The van der Waals surface area contributed by atoms with Gasteiger partial charge in [-0.1, -0.05) is 42.5 Å². The van der Waals surface area contributed by atoms with Crippen molar-refractivity contribution in [2.24, 2.45) is 5.92 Å². The lowest BCUT2D eigenvalue weighted by Crippen LogP contribution is -2.44. The summed E-state index contributed by atoms with van der Waals surface area (Å²) in [6.07, 6.45) is -10.6. The Kier molecular flexibility index (Phi) is 9.23. The van der Waals surface area contributed by atoms with Crippen molar-refractivity contribution >= 4 is 17.7 Å². The third-order valence-corrected chi connectivity index (χ3v) is 7.03. The molecule has 0 saturated heterocycles. The lowest BCUT2D eigenvalue weighted by Gasteiger charge is -2.33. The smallest absolute Gasteiger partial charge is 0.465 e. The molecule has 46 heavy (non-hydrogen) atoms. The summed E-state index contributed by atoms with van der Waals surface area (Å²) < 4.78 is 86.2. The number of hydrogen-bond acceptors (Lipinski definition) is 5. The van der Waals surface area contributed by atoms with Crippen molar-refractivity contribution in [1.82, 2.24) is 20.4 Å². The zero-order valence-corrected chi connectivity index (χ0v) is 23.8. The quantitative estimate of drug-likeness (QED) is 0.121. The average molecular weight is 648 g/mol. The molecular weight excluding hydrogens is 620 g/mol. The van der Waals surface area contributed by atoms with Crippen molar-refractivity contribution in [2.45, 2.75) is 38.1 Å². The van der Waals surface area contributed by atoms with Crippen LogP contribution >= 0.6 is 0 Å². The molecule has 9 nitrogen and oxygen atoms in total. The van der Waals surface area contributed by atoms with Gasteiger partial charge in [0.05, 0.1) is 5.69 Å². The van der Waals surface area contributed by atoms with E-state index in [1.165, 1.54) is 35.2 Å². The number of carbonyl (C=O) groups is 2. The van der Waals surface area contributed by atoms with Crippen LogP contribution in [-0.2, 0) is 12.7 Å². The molecule has 0 bridgehead atoms. The van der Waals surface area contributed by atoms with E-state index in [9.17, 15) is 35.9 Å². The minimum atomic E-state index is -4.99. The standard InChI is InChI=1S/C31H27F6N5O4/c32-30(33,34)26-16-25(42(40-26)23-10-4-6-20(14-23)18-39-29(44)45)28(43)41(22-8-2-1-3-9-22)27(38-17-19-12-13-19)21-7-5-11-24(15-21)46-31(35,36)37/h1-11,14-16,19,27,38-39H,12-13,17-18H2,(H,44,45). The number of para-hydroxylation sites is 1. The highest BCUT2D eigenvalue weighted by Gasteiger charge is 2.39. The number of nitrogens with zero attached hydrogens (tertiary/aromatic N) is 3. The van der Waals surface area contributed by atoms with Crippen LogP contribution in [0.25, 0.3) is 5.69 Å². The highest BCUT2D eigenvalue weighted by atomic mass is 19.4. The number of carbonyl (C=O) groups excluding carboxylic acids is 1. The molecule has 1 heterocycles. The summed E-state index contributed by atoms with van der Waals surface area (Å²) in [4.78, 5) is 26.7. The second kappa shape index (κ2) is 13.1. The number of nitrogens with one attached hydrogen (secondary N) is 2. The van der Waals surface area contributed by atoms with Crippen molar-refractivity contribution < 1.29 is 45.8 Å². The van der Waals surface area contributed by atoms with Crippen LogP contribution in [-0.4, -0.2) is 39.8 Å². The van der Waals surface area contributed by atoms with Gasteiger partial charge < -0.3 is 15.2 Å². The van der Waals surface area contributed by atoms with Crippen molar-refractivity contribution in [3.8, 4) is 11.4 Å². The third kappa shape index (κ3) is 8.15. The van der Waals surface area contributed by atoms with E-state index in [0.717, 1.165) is 29.7 Å². The maximum Gasteiger partial charge on any atom is 0.573 e. The molecule has 1 saturated carbocycles. The molecule has 1 unspecified atom stereocenters. The van der Waals surface area contributed by atoms with Gasteiger partial charge in [-0.25, -0.2) is 9.48 Å². The Morgan fingerprint density at radius 3 is 2.33 bits per heavy atom. The molecule has 0 spiro atoms. The van der Waals surface area contributed by atoms with Crippen LogP contribution in [0.1, 0.15) is 46.3 Å². The molecule has 1 aliphatic rings. The first-order valence-corrected chi connectivity index (χ1v) is 14.0. The Hall–Kier alpha value is -5.05. The maximum absolute atomic E-state index is 14.5. The largest absolute Gasteiger partial charge is 0.573 e. The highest BCUT2D eigenvalue weighted by molar-refractivity contribution is 6.06. The van der Waals surface area contributed by atoms with Gasteiger partial charge in [-0.3, -0.25) is 15.0 Å². The van der Waals surface area contributed by atoms with Crippen LogP contribution in [0.15, 0.2) is 84.9 Å². The number of rotatable bonds is 11. The zero-order chi connectivity index (χ0) is 33.1. The second-order valence-electron chi connectivity index (χ2n) is 10.5. The fraction of sp³-hybridized carbons (Fsp3) is 0.258. The average Bonchev–Trinajstić information content (AvgIpc) is 3.71. The normalized spacial score (nSPS) is 14.0. The Labute approximate surface area is 258 Å². The van der Waals surface area contributed by atoms with Crippen molar-refractivity contribution in [2.75, 3.05) is 11.4 Å². The van der Waals surface area contributed by atoms with Gasteiger partial charge in [0.1, 0.15) is 17.6 Å². The van der Waals surface area contributed by atoms with Crippen LogP contribution < -0.4 is 20.3 Å².